The van der Waals surface area contributed by atoms with Gasteiger partial charge >= 0.3 is 5.97 Å². The van der Waals surface area contributed by atoms with Crippen molar-refractivity contribution >= 4 is 11.9 Å². The molecule has 2 atom stereocenters. The summed E-state index contributed by atoms with van der Waals surface area (Å²) in [5.41, 5.74) is 0. The molecule has 0 fully saturated rings. The van der Waals surface area contributed by atoms with Crippen molar-refractivity contribution in [1.82, 2.24) is 5.32 Å². The Hall–Kier alpha value is -1.14. The first kappa shape index (κ1) is 74.9. The SMILES string of the molecule is CCCCCCCCCCCCCCCCCCCCCCCCCC(O)C(CO)NC(=O)CCCCCCCCCCCCCCCCCCCCCCCCCCOC(=O)CCCCCCCCCCCCCC. The minimum atomic E-state index is -0.664. The highest BCUT2D eigenvalue weighted by Gasteiger charge is 2.20. The second-order valence-electron chi connectivity index (χ2n) is 24.6. The Kier molecular flexibility index (Phi) is 65.4. The van der Waals surface area contributed by atoms with Crippen LogP contribution in [0.5, 0.6) is 0 Å². The number of unbranched alkanes of at least 4 members (excludes halogenated alkanes) is 56. The molecule has 0 aliphatic rings. The van der Waals surface area contributed by atoms with E-state index in [2.05, 4.69) is 19.2 Å². The summed E-state index contributed by atoms with van der Waals surface area (Å²) in [5.74, 6) is -0.0104. The Morgan fingerprint density at radius 2 is 0.539 bits per heavy atom. The van der Waals surface area contributed by atoms with Crippen LogP contribution in [0.3, 0.4) is 0 Å². The van der Waals surface area contributed by atoms with Crippen LogP contribution in [0.2, 0.25) is 0 Å². The van der Waals surface area contributed by atoms with E-state index in [1.807, 2.05) is 0 Å². The monoisotopic (exact) mass is 1070 g/mol. The van der Waals surface area contributed by atoms with E-state index in [1.165, 1.54) is 340 Å². The van der Waals surface area contributed by atoms with Gasteiger partial charge in [-0.05, 0) is 25.7 Å². The lowest BCUT2D eigenvalue weighted by molar-refractivity contribution is -0.143. The van der Waals surface area contributed by atoms with E-state index < -0.39 is 12.1 Å². The highest BCUT2D eigenvalue weighted by atomic mass is 16.5. The molecule has 0 aliphatic carbocycles. The summed E-state index contributed by atoms with van der Waals surface area (Å²) in [5, 5.41) is 23.4. The number of aliphatic hydroxyl groups is 2. The molecule has 76 heavy (non-hydrogen) atoms. The zero-order valence-corrected chi connectivity index (χ0v) is 52.0. The summed E-state index contributed by atoms with van der Waals surface area (Å²) < 4.78 is 5.48. The van der Waals surface area contributed by atoms with Crippen LogP contribution in [0.4, 0.5) is 0 Å². The predicted octanol–water partition coefficient (Wildman–Crippen LogP) is 22.6. The summed E-state index contributed by atoms with van der Waals surface area (Å²) in [6, 6.07) is -0.541. The quantitative estimate of drug-likeness (QED) is 0.0417. The van der Waals surface area contributed by atoms with Gasteiger partial charge in [-0.2, -0.15) is 0 Å². The van der Waals surface area contributed by atoms with Gasteiger partial charge in [-0.15, -0.1) is 0 Å². The van der Waals surface area contributed by atoms with Crippen LogP contribution in [-0.4, -0.2) is 47.4 Å². The van der Waals surface area contributed by atoms with Gasteiger partial charge in [-0.25, -0.2) is 0 Å². The van der Waals surface area contributed by atoms with E-state index in [4.69, 9.17) is 4.74 Å². The van der Waals surface area contributed by atoms with Gasteiger partial charge in [0, 0.05) is 12.8 Å². The number of aliphatic hydroxyl groups excluding tert-OH is 2. The fraction of sp³-hybridized carbons (Fsp3) is 0.971. The smallest absolute Gasteiger partial charge is 0.305 e. The maximum atomic E-state index is 12.6. The van der Waals surface area contributed by atoms with E-state index in [0.717, 1.165) is 38.5 Å². The lowest BCUT2D eigenvalue weighted by Crippen LogP contribution is -2.45. The van der Waals surface area contributed by atoms with Crippen molar-refractivity contribution in [2.75, 3.05) is 13.2 Å². The minimum absolute atomic E-state index is 0.0176. The zero-order valence-electron chi connectivity index (χ0n) is 52.0. The summed E-state index contributed by atoms with van der Waals surface area (Å²) in [6.45, 7) is 5.00. The maximum absolute atomic E-state index is 12.6. The number of amides is 1. The molecule has 3 N–H and O–H groups in total. The van der Waals surface area contributed by atoms with Gasteiger partial charge in [0.15, 0.2) is 0 Å². The van der Waals surface area contributed by atoms with Crippen molar-refractivity contribution in [2.24, 2.45) is 0 Å². The van der Waals surface area contributed by atoms with Crippen LogP contribution < -0.4 is 5.32 Å². The van der Waals surface area contributed by atoms with Crippen LogP contribution in [0.25, 0.3) is 0 Å². The number of carbonyl (C=O) groups is 2. The normalized spacial score (nSPS) is 12.4. The molecule has 0 aromatic heterocycles. The molecule has 0 saturated heterocycles. The average molecular weight is 1070 g/mol. The summed E-state index contributed by atoms with van der Waals surface area (Å²) in [6.07, 6.45) is 80.0. The first-order valence-corrected chi connectivity index (χ1v) is 35.3. The van der Waals surface area contributed by atoms with Crippen LogP contribution >= 0.6 is 0 Å². The molecule has 454 valence electrons. The van der Waals surface area contributed by atoms with Crippen molar-refractivity contribution in [2.45, 2.75) is 424 Å². The summed E-state index contributed by atoms with van der Waals surface area (Å²) in [7, 11) is 0. The minimum Gasteiger partial charge on any atom is -0.466 e. The maximum Gasteiger partial charge on any atom is 0.305 e. The number of hydrogen-bond donors (Lipinski definition) is 3. The Bertz CT molecular complexity index is 1100. The zero-order chi connectivity index (χ0) is 55.0. The number of ether oxygens (including phenoxy) is 1. The third-order valence-electron chi connectivity index (χ3n) is 16.9. The molecule has 0 bridgehead atoms. The van der Waals surface area contributed by atoms with E-state index in [1.54, 1.807) is 0 Å². The van der Waals surface area contributed by atoms with Gasteiger partial charge in [-0.1, -0.05) is 373 Å². The topological polar surface area (TPSA) is 95.9 Å². The lowest BCUT2D eigenvalue weighted by Gasteiger charge is -2.22. The summed E-state index contributed by atoms with van der Waals surface area (Å²) >= 11 is 0. The van der Waals surface area contributed by atoms with Gasteiger partial charge in [0.25, 0.3) is 0 Å². The number of hydrogen-bond acceptors (Lipinski definition) is 5. The van der Waals surface area contributed by atoms with Crippen LogP contribution in [0.1, 0.15) is 412 Å². The second-order valence-corrected chi connectivity index (χ2v) is 24.6. The first-order chi connectivity index (χ1) is 37.5. The molecule has 0 aromatic carbocycles. The van der Waals surface area contributed by atoms with Gasteiger partial charge < -0.3 is 20.3 Å². The lowest BCUT2D eigenvalue weighted by atomic mass is 10.0. The largest absolute Gasteiger partial charge is 0.466 e. The molecule has 2 unspecified atom stereocenters. The Morgan fingerprint density at radius 1 is 0.316 bits per heavy atom. The molecule has 0 spiro atoms. The standard InChI is InChI=1S/C70H139NO5/c1-3-5-7-9-11-13-15-17-18-19-20-21-24-27-30-33-36-39-42-46-50-54-58-62-68(73)67(66-72)71-69(74)63-59-55-51-47-43-40-37-34-31-28-25-22-23-26-29-32-35-38-41-45-49-53-57-61-65-76-70(75)64-60-56-52-48-44-16-14-12-10-8-6-4-2/h67-68,72-73H,3-66H2,1-2H3,(H,71,74). The molecule has 0 aliphatic heterocycles. The number of rotatable bonds is 67. The van der Waals surface area contributed by atoms with Crippen molar-refractivity contribution in [3.8, 4) is 0 Å². The third kappa shape index (κ3) is 62.1. The molecule has 0 heterocycles. The second kappa shape index (κ2) is 66.4. The van der Waals surface area contributed by atoms with Gasteiger partial charge in [0.05, 0.1) is 25.4 Å². The fourth-order valence-corrected chi connectivity index (χ4v) is 11.5. The molecular formula is C70H139NO5. The number of carbonyl (C=O) groups excluding carboxylic acids is 2. The van der Waals surface area contributed by atoms with E-state index >= 15 is 0 Å². The van der Waals surface area contributed by atoms with Crippen LogP contribution in [0.15, 0.2) is 0 Å². The molecule has 1 amide bonds. The Balaban J connectivity index is 3.36. The Labute approximate surface area is 476 Å². The fourth-order valence-electron chi connectivity index (χ4n) is 11.5. The van der Waals surface area contributed by atoms with E-state index in [9.17, 15) is 19.8 Å². The van der Waals surface area contributed by atoms with Crippen molar-refractivity contribution in [3.63, 3.8) is 0 Å². The molecular weight excluding hydrogens is 935 g/mol. The van der Waals surface area contributed by atoms with Crippen LogP contribution in [-0.2, 0) is 14.3 Å². The average Bonchev–Trinajstić information content (AvgIpc) is 3.42. The predicted molar refractivity (Wildman–Crippen MR) is 334 cm³/mol. The van der Waals surface area contributed by atoms with Crippen molar-refractivity contribution in [3.05, 3.63) is 0 Å². The van der Waals surface area contributed by atoms with Gasteiger partial charge in [-0.3, -0.25) is 9.59 Å². The van der Waals surface area contributed by atoms with Gasteiger partial charge in [0.1, 0.15) is 0 Å². The molecule has 0 saturated carbocycles. The highest BCUT2D eigenvalue weighted by Crippen LogP contribution is 2.20. The van der Waals surface area contributed by atoms with Crippen molar-refractivity contribution < 1.29 is 24.5 Å². The molecule has 6 heteroatoms. The molecule has 0 aromatic rings. The van der Waals surface area contributed by atoms with Crippen LogP contribution in [0, 0.1) is 0 Å². The number of nitrogens with one attached hydrogen (secondary N) is 1. The van der Waals surface area contributed by atoms with E-state index in [-0.39, 0.29) is 18.5 Å². The molecule has 6 nitrogen and oxygen atoms in total. The highest BCUT2D eigenvalue weighted by molar-refractivity contribution is 5.76. The van der Waals surface area contributed by atoms with Crippen molar-refractivity contribution in [1.29, 1.82) is 0 Å². The number of esters is 1. The summed E-state index contributed by atoms with van der Waals surface area (Å²) in [4.78, 5) is 24.6. The Morgan fingerprint density at radius 3 is 0.803 bits per heavy atom. The molecule has 0 rings (SSSR count). The molecule has 0 radical (unpaired) electrons. The first-order valence-electron chi connectivity index (χ1n) is 35.3. The van der Waals surface area contributed by atoms with E-state index in [0.29, 0.717) is 25.9 Å². The third-order valence-corrected chi connectivity index (χ3v) is 16.9. The van der Waals surface area contributed by atoms with Gasteiger partial charge in [0.2, 0.25) is 5.91 Å².